The van der Waals surface area contributed by atoms with E-state index in [0.717, 1.165) is 6.42 Å². The van der Waals surface area contributed by atoms with E-state index in [4.69, 9.17) is 0 Å². The van der Waals surface area contributed by atoms with Gasteiger partial charge in [0.1, 0.15) is 0 Å². The van der Waals surface area contributed by atoms with Gasteiger partial charge in [-0.15, -0.1) is 0 Å². The quantitative estimate of drug-likeness (QED) is 0.314. The van der Waals surface area contributed by atoms with Crippen molar-refractivity contribution in [1.82, 2.24) is 0 Å². The molecule has 7 heavy (non-hydrogen) atoms. The van der Waals surface area contributed by atoms with Gasteiger partial charge in [0.25, 0.3) is 0 Å². The minimum Gasteiger partial charge on any atom is -0.772 e. The first-order valence-corrected chi connectivity index (χ1v) is 3.07. The molecule has 1 unspecified atom stereocenters. The maximum atomic E-state index is 9.60. The molecule has 1 atom stereocenters. The van der Waals surface area contributed by atoms with Gasteiger partial charge in [-0.3, -0.25) is 4.21 Å². The maximum Gasteiger partial charge on any atom is 1.00 e. The second kappa shape index (κ2) is 7.75. The first-order valence-electron chi connectivity index (χ1n) is 1.83. The maximum absolute atomic E-state index is 9.60. The van der Waals surface area contributed by atoms with Gasteiger partial charge in [-0.05, 0) is 6.42 Å². The molecule has 0 aliphatic heterocycles. The summed E-state index contributed by atoms with van der Waals surface area (Å²) in [6, 6.07) is 0. The van der Waals surface area contributed by atoms with Gasteiger partial charge in [-0.25, -0.2) is 0 Å². The van der Waals surface area contributed by atoms with Crippen molar-refractivity contribution >= 4 is 11.1 Å². The number of rotatable bonds is 2. The third-order valence-electron chi connectivity index (χ3n) is 0.371. The smallest absolute Gasteiger partial charge is 0.772 e. The van der Waals surface area contributed by atoms with Crippen LogP contribution < -0.4 is 51.4 Å². The van der Waals surface area contributed by atoms with Crippen LogP contribution in [0.15, 0.2) is 0 Å². The van der Waals surface area contributed by atoms with Gasteiger partial charge >= 0.3 is 51.4 Å². The zero-order chi connectivity index (χ0) is 4.99. The molecule has 0 saturated heterocycles. The van der Waals surface area contributed by atoms with E-state index in [-0.39, 0.29) is 51.4 Å². The third kappa shape index (κ3) is 11.4. The largest absolute Gasteiger partial charge is 1.00 e. The Kier molecular flexibility index (Phi) is 12.8. The Hall–Kier alpha value is 1.75. The molecule has 0 saturated carbocycles. The van der Waals surface area contributed by atoms with Gasteiger partial charge < -0.3 is 4.55 Å². The van der Waals surface area contributed by atoms with E-state index >= 15 is 0 Å². The minimum absolute atomic E-state index is 0. The Morgan fingerprint density at radius 2 is 2.14 bits per heavy atom. The van der Waals surface area contributed by atoms with Gasteiger partial charge in [-0.1, -0.05) is 18.0 Å². The van der Waals surface area contributed by atoms with Crippen molar-refractivity contribution in [2.45, 2.75) is 13.3 Å². The van der Waals surface area contributed by atoms with Crippen LogP contribution in [0.3, 0.4) is 0 Å². The number of hydrogen-bond acceptors (Lipinski definition) is 2. The summed E-state index contributed by atoms with van der Waals surface area (Å²) in [5.41, 5.74) is 0. The summed E-state index contributed by atoms with van der Waals surface area (Å²) in [7, 11) is 0. The predicted octanol–water partition coefficient (Wildman–Crippen LogP) is -2.72. The van der Waals surface area contributed by atoms with E-state index in [9.17, 15) is 8.76 Å². The SMILES string of the molecule is CCCS(=O)[O-].[K+]. The van der Waals surface area contributed by atoms with Crippen LogP contribution in [0.25, 0.3) is 0 Å². The topological polar surface area (TPSA) is 40.1 Å². The minimum atomic E-state index is -1.82. The molecule has 0 spiro atoms. The normalized spacial score (nSPS) is 12.3. The van der Waals surface area contributed by atoms with Crippen molar-refractivity contribution in [2.24, 2.45) is 0 Å². The number of hydrogen-bond donors (Lipinski definition) is 0. The predicted molar refractivity (Wildman–Crippen MR) is 24.1 cm³/mol. The molecule has 38 valence electrons. The average Bonchev–Trinajstić information content (AvgIpc) is 1.35. The molecule has 0 aromatic heterocycles. The van der Waals surface area contributed by atoms with E-state index in [2.05, 4.69) is 0 Å². The monoisotopic (exact) mass is 146 g/mol. The Morgan fingerprint density at radius 3 is 2.14 bits per heavy atom. The van der Waals surface area contributed by atoms with E-state index in [1.807, 2.05) is 6.92 Å². The molecule has 2 nitrogen and oxygen atoms in total. The molecule has 0 fully saturated rings. The second-order valence-electron chi connectivity index (χ2n) is 1.01. The Balaban J connectivity index is 0. The van der Waals surface area contributed by atoms with Crippen LogP contribution in [-0.2, 0) is 11.1 Å². The molecule has 0 aliphatic rings. The molecule has 0 aromatic carbocycles. The Morgan fingerprint density at radius 1 is 1.71 bits per heavy atom. The molecule has 0 aliphatic carbocycles. The van der Waals surface area contributed by atoms with Crippen LogP contribution in [0.1, 0.15) is 13.3 Å². The van der Waals surface area contributed by atoms with Crippen LogP contribution in [0.4, 0.5) is 0 Å². The van der Waals surface area contributed by atoms with Crippen LogP contribution in [-0.4, -0.2) is 14.5 Å². The van der Waals surface area contributed by atoms with Crippen molar-refractivity contribution in [2.75, 3.05) is 5.75 Å². The zero-order valence-corrected chi connectivity index (χ0v) is 8.58. The van der Waals surface area contributed by atoms with Crippen molar-refractivity contribution < 1.29 is 60.1 Å². The van der Waals surface area contributed by atoms with Gasteiger partial charge in [0.2, 0.25) is 0 Å². The zero-order valence-electron chi connectivity index (χ0n) is 4.64. The Labute approximate surface area is 88.8 Å². The molecule has 0 heterocycles. The van der Waals surface area contributed by atoms with Crippen LogP contribution in [0.5, 0.6) is 0 Å². The first kappa shape index (κ1) is 11.5. The first-order chi connectivity index (χ1) is 2.77. The van der Waals surface area contributed by atoms with Gasteiger partial charge in [0.05, 0.1) is 0 Å². The third-order valence-corrected chi connectivity index (χ3v) is 1.11. The van der Waals surface area contributed by atoms with Crippen molar-refractivity contribution in [3.63, 3.8) is 0 Å². The summed E-state index contributed by atoms with van der Waals surface area (Å²) in [6.45, 7) is 1.83. The average molecular weight is 146 g/mol. The fourth-order valence-electron chi connectivity index (χ4n) is 0.167. The summed E-state index contributed by atoms with van der Waals surface area (Å²) < 4.78 is 19.2. The molecule has 0 bridgehead atoms. The standard InChI is InChI=1S/C3H8O2S.K/c1-2-3-6(4)5;/h2-3H2,1H3,(H,4,5);/q;+1/p-1. The molecular weight excluding hydrogens is 139 g/mol. The van der Waals surface area contributed by atoms with Crippen LogP contribution >= 0.6 is 0 Å². The summed E-state index contributed by atoms with van der Waals surface area (Å²) in [6.07, 6.45) is 0.718. The molecular formula is C3H7KO2S. The molecule has 0 amide bonds. The summed E-state index contributed by atoms with van der Waals surface area (Å²) in [5, 5.41) is 0. The van der Waals surface area contributed by atoms with Gasteiger partial charge in [0.15, 0.2) is 0 Å². The van der Waals surface area contributed by atoms with Gasteiger partial charge in [-0.2, -0.15) is 0 Å². The molecule has 4 heteroatoms. The van der Waals surface area contributed by atoms with Crippen molar-refractivity contribution in [1.29, 1.82) is 0 Å². The van der Waals surface area contributed by atoms with E-state index in [1.165, 1.54) is 0 Å². The van der Waals surface area contributed by atoms with Crippen LogP contribution in [0.2, 0.25) is 0 Å². The fourth-order valence-corrected chi connectivity index (χ4v) is 0.500. The second-order valence-corrected chi connectivity index (χ2v) is 2.02. The molecule has 0 N–H and O–H groups in total. The van der Waals surface area contributed by atoms with Crippen LogP contribution in [0, 0.1) is 0 Å². The van der Waals surface area contributed by atoms with E-state index in [0.29, 0.717) is 5.75 Å². The fraction of sp³-hybridized carbons (Fsp3) is 1.00. The van der Waals surface area contributed by atoms with Gasteiger partial charge in [0, 0.05) is 5.75 Å². The molecule has 0 radical (unpaired) electrons. The molecule has 0 rings (SSSR count). The molecule has 0 aromatic rings. The summed E-state index contributed by atoms with van der Waals surface area (Å²) >= 11 is -1.82. The summed E-state index contributed by atoms with van der Waals surface area (Å²) in [4.78, 5) is 0. The summed E-state index contributed by atoms with van der Waals surface area (Å²) in [5.74, 6) is 0.292. The van der Waals surface area contributed by atoms with E-state index in [1.54, 1.807) is 0 Å². The van der Waals surface area contributed by atoms with E-state index < -0.39 is 11.1 Å². The Bertz CT molecular complexity index is 56.9. The van der Waals surface area contributed by atoms with Crippen molar-refractivity contribution in [3.8, 4) is 0 Å². The van der Waals surface area contributed by atoms with Crippen molar-refractivity contribution in [3.05, 3.63) is 0 Å².